The Morgan fingerprint density at radius 1 is 1.28 bits per heavy atom. The summed E-state index contributed by atoms with van der Waals surface area (Å²) in [7, 11) is 0. The summed E-state index contributed by atoms with van der Waals surface area (Å²) in [5.74, 6) is 2.15. The lowest BCUT2D eigenvalue weighted by molar-refractivity contribution is -0.0659. The Labute approximate surface area is 115 Å². The molecule has 0 aliphatic carbocycles. The number of nitrogens with zero attached hydrogens (tertiary/aromatic N) is 2. The van der Waals surface area contributed by atoms with E-state index < -0.39 is 0 Å². The zero-order valence-corrected chi connectivity index (χ0v) is 12.4. The van der Waals surface area contributed by atoms with Gasteiger partial charge >= 0.3 is 0 Å². The van der Waals surface area contributed by atoms with Crippen LogP contribution < -0.4 is 5.73 Å². The Bertz CT molecular complexity index is 291. The van der Waals surface area contributed by atoms with Crippen molar-refractivity contribution in [3.8, 4) is 0 Å². The van der Waals surface area contributed by atoms with Crippen LogP contribution >= 0.6 is 11.8 Å². The number of nitrogens with two attached hydrogens (primary N) is 1. The highest BCUT2D eigenvalue weighted by Crippen LogP contribution is 2.41. The molecule has 4 fully saturated rings. The number of thioether (sulfide) groups is 1. The summed E-state index contributed by atoms with van der Waals surface area (Å²) in [6.07, 6.45) is 4.05. The van der Waals surface area contributed by atoms with Gasteiger partial charge in [0.2, 0.25) is 0 Å². The number of hydrogen-bond donors (Lipinski definition) is 1. The fourth-order valence-electron chi connectivity index (χ4n) is 4.23. The minimum atomic E-state index is 0.310. The van der Waals surface area contributed by atoms with E-state index in [-0.39, 0.29) is 0 Å². The maximum atomic E-state index is 6.27. The van der Waals surface area contributed by atoms with Crippen molar-refractivity contribution in [1.82, 2.24) is 9.80 Å². The standard InChI is InChI=1S/C14H27N3S/c1-2-13-9-17(7-8-18-13)14(10-15)11-16-5-3-12(14)4-6-16/h12-13H,2-11,15H2,1H3. The van der Waals surface area contributed by atoms with Gasteiger partial charge in [0.1, 0.15) is 0 Å². The molecule has 4 heteroatoms. The van der Waals surface area contributed by atoms with E-state index in [1.165, 1.54) is 57.7 Å². The molecule has 2 unspecified atom stereocenters. The van der Waals surface area contributed by atoms with E-state index in [1.54, 1.807) is 0 Å². The van der Waals surface area contributed by atoms with Crippen molar-refractivity contribution in [2.45, 2.75) is 37.0 Å². The second-order valence-electron chi connectivity index (χ2n) is 6.21. The Morgan fingerprint density at radius 3 is 2.61 bits per heavy atom. The summed E-state index contributed by atoms with van der Waals surface area (Å²) in [6.45, 7) is 9.56. The van der Waals surface area contributed by atoms with Crippen molar-refractivity contribution in [3.05, 3.63) is 0 Å². The average Bonchev–Trinajstić information content (AvgIpc) is 2.48. The Morgan fingerprint density at radius 2 is 2.06 bits per heavy atom. The van der Waals surface area contributed by atoms with Crippen LogP contribution in [0.2, 0.25) is 0 Å². The molecule has 0 aromatic rings. The lowest BCUT2D eigenvalue weighted by atomic mass is 9.71. The van der Waals surface area contributed by atoms with E-state index in [2.05, 4.69) is 28.5 Å². The van der Waals surface area contributed by atoms with Crippen LogP contribution in [0.5, 0.6) is 0 Å². The summed E-state index contributed by atoms with van der Waals surface area (Å²) in [5, 5.41) is 0.831. The van der Waals surface area contributed by atoms with E-state index in [1.807, 2.05) is 0 Å². The second kappa shape index (κ2) is 5.31. The predicted molar refractivity (Wildman–Crippen MR) is 79.1 cm³/mol. The Balaban J connectivity index is 1.78. The van der Waals surface area contributed by atoms with Crippen molar-refractivity contribution in [1.29, 1.82) is 0 Å². The van der Waals surface area contributed by atoms with Crippen LogP contribution in [0.15, 0.2) is 0 Å². The molecule has 0 spiro atoms. The number of hydrogen-bond acceptors (Lipinski definition) is 4. The molecule has 4 heterocycles. The summed E-state index contributed by atoms with van der Waals surface area (Å²) in [6, 6.07) is 0. The van der Waals surface area contributed by atoms with Crippen molar-refractivity contribution >= 4 is 11.8 Å². The first-order chi connectivity index (χ1) is 8.78. The van der Waals surface area contributed by atoms with Crippen molar-refractivity contribution in [3.63, 3.8) is 0 Å². The molecule has 0 aromatic heterocycles. The number of piperidine rings is 3. The predicted octanol–water partition coefficient (Wildman–Crippen LogP) is 1.24. The average molecular weight is 269 g/mol. The van der Waals surface area contributed by atoms with Crippen LogP contribution in [0.4, 0.5) is 0 Å². The smallest absolute Gasteiger partial charge is 0.0488 e. The molecule has 0 saturated carbocycles. The van der Waals surface area contributed by atoms with Crippen molar-refractivity contribution in [2.24, 2.45) is 11.7 Å². The molecule has 4 rings (SSSR count). The van der Waals surface area contributed by atoms with E-state index in [0.29, 0.717) is 5.54 Å². The molecular formula is C14H27N3S. The van der Waals surface area contributed by atoms with Gasteiger partial charge in [-0.1, -0.05) is 6.92 Å². The molecule has 18 heavy (non-hydrogen) atoms. The molecular weight excluding hydrogens is 242 g/mol. The summed E-state index contributed by atoms with van der Waals surface area (Å²) >= 11 is 2.16. The van der Waals surface area contributed by atoms with Crippen LogP contribution in [-0.2, 0) is 0 Å². The van der Waals surface area contributed by atoms with Crippen LogP contribution in [0.25, 0.3) is 0 Å². The lowest BCUT2D eigenvalue weighted by Crippen LogP contribution is -2.71. The molecule has 4 aliphatic heterocycles. The van der Waals surface area contributed by atoms with Crippen LogP contribution in [-0.4, -0.2) is 65.6 Å². The van der Waals surface area contributed by atoms with E-state index in [9.17, 15) is 0 Å². The molecule has 4 aliphatic rings. The molecule has 2 N–H and O–H groups in total. The lowest BCUT2D eigenvalue weighted by Gasteiger charge is -2.59. The maximum absolute atomic E-state index is 6.27. The highest BCUT2D eigenvalue weighted by atomic mass is 32.2. The van der Waals surface area contributed by atoms with Gasteiger partial charge in [0.05, 0.1) is 0 Å². The first-order valence-corrected chi connectivity index (χ1v) is 8.62. The number of fused-ring (bicyclic) bond motifs is 3. The molecule has 0 radical (unpaired) electrons. The van der Waals surface area contributed by atoms with Crippen molar-refractivity contribution in [2.75, 3.05) is 45.0 Å². The SMILES string of the molecule is CCC1CN(C2(CN)CN3CCC2CC3)CCS1. The van der Waals surface area contributed by atoms with Crippen LogP contribution in [0, 0.1) is 5.92 Å². The monoisotopic (exact) mass is 269 g/mol. The van der Waals surface area contributed by atoms with Gasteiger partial charge in [-0.2, -0.15) is 11.8 Å². The fraction of sp³-hybridized carbons (Fsp3) is 1.00. The summed E-state index contributed by atoms with van der Waals surface area (Å²) in [4.78, 5) is 5.42. The third-order valence-corrected chi connectivity index (χ3v) is 6.79. The van der Waals surface area contributed by atoms with Gasteiger partial charge in [-0.05, 0) is 38.3 Å². The molecule has 0 amide bonds. The molecule has 104 valence electrons. The normalized spacial score (nSPS) is 45.3. The highest BCUT2D eigenvalue weighted by Gasteiger charge is 2.50. The van der Waals surface area contributed by atoms with Gasteiger partial charge in [0.15, 0.2) is 0 Å². The van der Waals surface area contributed by atoms with E-state index in [0.717, 1.165) is 17.7 Å². The molecule has 4 saturated heterocycles. The Kier molecular flexibility index (Phi) is 3.90. The van der Waals surface area contributed by atoms with Gasteiger partial charge in [-0.3, -0.25) is 4.90 Å². The minimum absolute atomic E-state index is 0.310. The third kappa shape index (κ3) is 2.11. The van der Waals surface area contributed by atoms with Crippen LogP contribution in [0.3, 0.4) is 0 Å². The molecule has 3 nitrogen and oxygen atoms in total. The second-order valence-corrected chi connectivity index (χ2v) is 7.61. The first-order valence-electron chi connectivity index (χ1n) is 7.57. The van der Waals surface area contributed by atoms with Gasteiger partial charge in [-0.15, -0.1) is 0 Å². The molecule has 2 bridgehead atoms. The maximum Gasteiger partial charge on any atom is 0.0488 e. The van der Waals surface area contributed by atoms with Gasteiger partial charge in [0.25, 0.3) is 0 Å². The van der Waals surface area contributed by atoms with E-state index in [4.69, 9.17) is 5.73 Å². The molecule has 2 atom stereocenters. The first kappa shape index (κ1) is 13.2. The van der Waals surface area contributed by atoms with Crippen molar-refractivity contribution < 1.29 is 0 Å². The molecule has 0 aromatic carbocycles. The van der Waals surface area contributed by atoms with Gasteiger partial charge < -0.3 is 10.6 Å². The van der Waals surface area contributed by atoms with E-state index >= 15 is 0 Å². The number of rotatable bonds is 3. The quantitative estimate of drug-likeness (QED) is 0.835. The summed E-state index contributed by atoms with van der Waals surface area (Å²) in [5.41, 5.74) is 6.58. The third-order valence-electron chi connectivity index (χ3n) is 5.42. The minimum Gasteiger partial charge on any atom is -0.329 e. The highest BCUT2D eigenvalue weighted by molar-refractivity contribution is 8.00. The topological polar surface area (TPSA) is 32.5 Å². The zero-order chi connectivity index (χ0) is 12.6. The Hall–Kier alpha value is 0.230. The van der Waals surface area contributed by atoms with Crippen LogP contribution in [0.1, 0.15) is 26.2 Å². The fourth-order valence-corrected chi connectivity index (χ4v) is 5.41. The van der Waals surface area contributed by atoms with Gasteiger partial charge in [-0.25, -0.2) is 0 Å². The zero-order valence-electron chi connectivity index (χ0n) is 11.6. The largest absolute Gasteiger partial charge is 0.329 e. The van der Waals surface area contributed by atoms with Gasteiger partial charge in [0, 0.05) is 42.7 Å². The summed E-state index contributed by atoms with van der Waals surface area (Å²) < 4.78 is 0.